The Morgan fingerprint density at radius 3 is 1.26 bits per heavy atom. The molecule has 0 aromatic heterocycles. The number of sulfonamides is 3. The van der Waals surface area contributed by atoms with Gasteiger partial charge in [0.1, 0.15) is 0 Å². The molecule has 0 atom stereocenters. The van der Waals surface area contributed by atoms with E-state index < -0.39 is 30.1 Å². The van der Waals surface area contributed by atoms with E-state index in [9.17, 15) is 30.0 Å². The molecule has 5 rings (SSSR count). The molecule has 290 valence electrons. The summed E-state index contributed by atoms with van der Waals surface area (Å²) in [4.78, 5) is 18.1. The summed E-state index contributed by atoms with van der Waals surface area (Å²) in [6.45, 7) is 8.60. The zero-order chi connectivity index (χ0) is 38.2. The molecule has 0 aliphatic carbocycles. The van der Waals surface area contributed by atoms with Crippen LogP contribution in [0.4, 0.5) is 0 Å². The second-order valence-electron chi connectivity index (χ2n) is 14.0. The first kappa shape index (κ1) is 41.0. The van der Waals surface area contributed by atoms with Crippen molar-refractivity contribution in [3.05, 3.63) is 89.5 Å². The average Bonchev–Trinajstić information content (AvgIpc) is 3.32. The summed E-state index contributed by atoms with van der Waals surface area (Å²) in [6, 6.07) is 20.0. The fourth-order valence-electron chi connectivity index (χ4n) is 6.68. The Labute approximate surface area is 316 Å². The van der Waals surface area contributed by atoms with Gasteiger partial charge in [0.15, 0.2) is 0 Å². The third-order valence-electron chi connectivity index (χ3n) is 10.1. The van der Waals surface area contributed by atoms with E-state index in [0.29, 0.717) is 37.5 Å². The zero-order valence-electron chi connectivity index (χ0n) is 31.1. The second kappa shape index (κ2) is 18.0. The molecule has 15 heteroatoms. The highest BCUT2D eigenvalue weighted by Gasteiger charge is 2.32. The first-order valence-corrected chi connectivity index (χ1v) is 22.7. The van der Waals surface area contributed by atoms with Crippen molar-refractivity contribution in [1.29, 1.82) is 0 Å². The van der Waals surface area contributed by atoms with Crippen LogP contribution in [0.1, 0.15) is 48.8 Å². The lowest BCUT2D eigenvalue weighted by Crippen LogP contribution is -2.42. The summed E-state index contributed by atoms with van der Waals surface area (Å²) in [5.74, 6) is -0.180. The van der Waals surface area contributed by atoms with Crippen LogP contribution in [0.3, 0.4) is 0 Å². The maximum Gasteiger partial charge on any atom is 0.243 e. The van der Waals surface area contributed by atoms with E-state index in [0.717, 1.165) is 42.5 Å². The highest BCUT2D eigenvalue weighted by molar-refractivity contribution is 7.89. The van der Waals surface area contributed by atoms with Gasteiger partial charge < -0.3 is 9.80 Å². The molecule has 3 aromatic carbocycles. The molecule has 0 N–H and O–H groups in total. The largest absolute Gasteiger partial charge is 0.340 e. The van der Waals surface area contributed by atoms with Gasteiger partial charge >= 0.3 is 0 Å². The number of benzene rings is 3. The SMILES string of the molecule is Cc1ccc(S(=O)(=O)N2CCCCCN(CCCC(=O)N3CCN(S(=O)(=O)c4ccc(C)cc4)CCN(S(=O)(=O)c4ccc(C)cc4)CC3)CC2)cc1. The van der Waals surface area contributed by atoms with E-state index >= 15 is 0 Å². The van der Waals surface area contributed by atoms with Gasteiger partial charge in [0.2, 0.25) is 36.0 Å². The summed E-state index contributed by atoms with van der Waals surface area (Å²) in [5, 5.41) is 0. The topological polar surface area (TPSA) is 136 Å². The van der Waals surface area contributed by atoms with Crippen molar-refractivity contribution in [1.82, 2.24) is 22.7 Å². The molecule has 1 amide bonds. The van der Waals surface area contributed by atoms with Crippen molar-refractivity contribution in [3.8, 4) is 0 Å². The number of hydrogen-bond donors (Lipinski definition) is 0. The van der Waals surface area contributed by atoms with Crippen molar-refractivity contribution in [2.24, 2.45) is 0 Å². The fraction of sp³-hybridized carbons (Fsp3) is 0.500. The number of carbonyl (C=O) groups is 1. The van der Waals surface area contributed by atoms with Crippen molar-refractivity contribution in [2.75, 3.05) is 72.0 Å². The van der Waals surface area contributed by atoms with Crippen LogP contribution in [0.25, 0.3) is 0 Å². The smallest absolute Gasteiger partial charge is 0.243 e. The summed E-state index contributed by atoms with van der Waals surface area (Å²) in [7, 11) is -11.6. The zero-order valence-corrected chi connectivity index (χ0v) is 33.5. The lowest BCUT2D eigenvalue weighted by Gasteiger charge is -2.27. The predicted octanol–water partition coefficient (Wildman–Crippen LogP) is 4.09. The maximum atomic E-state index is 13.8. The molecule has 0 radical (unpaired) electrons. The maximum absolute atomic E-state index is 13.8. The number of carbonyl (C=O) groups excluding carboxylic acids is 1. The van der Waals surface area contributed by atoms with Gasteiger partial charge in [0.25, 0.3) is 0 Å². The molecule has 12 nitrogen and oxygen atoms in total. The van der Waals surface area contributed by atoms with Gasteiger partial charge in [-0.1, -0.05) is 59.5 Å². The van der Waals surface area contributed by atoms with E-state index in [-0.39, 0.29) is 61.4 Å². The third-order valence-corrected chi connectivity index (χ3v) is 15.8. The van der Waals surface area contributed by atoms with E-state index in [1.54, 1.807) is 82.0 Å². The summed E-state index contributed by atoms with van der Waals surface area (Å²) in [6.07, 6.45) is 3.32. The molecule has 2 aliphatic rings. The number of amides is 1. The standard InChI is InChI=1S/C38H53N5O7S3/c1-32-9-15-35(16-10-32)51(45,46)41-23-6-4-5-21-39(24-27-41)22-7-8-38(44)40-25-28-42(52(47,48)36-17-11-33(2)12-18-36)30-31-43(29-26-40)53(49,50)37-19-13-34(3)14-20-37/h9-20H,4-8,21-31H2,1-3H3. The van der Waals surface area contributed by atoms with E-state index in [2.05, 4.69) is 4.90 Å². The quantitative estimate of drug-likeness (QED) is 0.300. The molecule has 3 aromatic rings. The van der Waals surface area contributed by atoms with Crippen LogP contribution in [0.5, 0.6) is 0 Å². The predicted molar refractivity (Wildman–Crippen MR) is 206 cm³/mol. The van der Waals surface area contributed by atoms with Gasteiger partial charge in [-0.2, -0.15) is 12.9 Å². The third kappa shape index (κ3) is 10.5. The van der Waals surface area contributed by atoms with Crippen molar-refractivity contribution in [2.45, 2.75) is 67.6 Å². The molecule has 0 bridgehead atoms. The average molecular weight is 788 g/mol. The first-order valence-electron chi connectivity index (χ1n) is 18.4. The Balaban J connectivity index is 1.27. The van der Waals surface area contributed by atoms with Gasteiger partial charge in [-0.3, -0.25) is 4.79 Å². The van der Waals surface area contributed by atoms with Gasteiger partial charge in [-0.15, -0.1) is 0 Å². The molecule has 2 saturated heterocycles. The number of hydrogen-bond acceptors (Lipinski definition) is 8. The van der Waals surface area contributed by atoms with Crippen LogP contribution in [0, 0.1) is 20.8 Å². The highest BCUT2D eigenvalue weighted by atomic mass is 32.2. The molecule has 0 spiro atoms. The Hall–Kier alpha value is -3.18. The van der Waals surface area contributed by atoms with Crippen LogP contribution in [-0.2, 0) is 34.9 Å². The Morgan fingerprint density at radius 1 is 0.472 bits per heavy atom. The number of aryl methyl sites for hydroxylation is 3. The number of nitrogens with zero attached hydrogens (tertiary/aromatic N) is 5. The van der Waals surface area contributed by atoms with Gasteiger partial charge in [-0.05, 0) is 89.5 Å². The van der Waals surface area contributed by atoms with Gasteiger partial charge in [0, 0.05) is 65.3 Å². The van der Waals surface area contributed by atoms with Gasteiger partial charge in [0.05, 0.1) is 14.7 Å². The minimum absolute atomic E-state index is 0.0256. The van der Waals surface area contributed by atoms with Crippen molar-refractivity contribution >= 4 is 36.0 Å². The second-order valence-corrected chi connectivity index (χ2v) is 19.9. The molecule has 2 aliphatic heterocycles. The lowest BCUT2D eigenvalue weighted by atomic mass is 10.2. The molecule has 2 heterocycles. The molecular formula is C38H53N5O7S3. The minimum atomic E-state index is -3.98. The number of rotatable bonds is 10. The van der Waals surface area contributed by atoms with E-state index in [4.69, 9.17) is 0 Å². The van der Waals surface area contributed by atoms with Gasteiger partial charge in [-0.25, -0.2) is 25.3 Å². The van der Waals surface area contributed by atoms with Crippen molar-refractivity contribution < 1.29 is 30.0 Å². The van der Waals surface area contributed by atoms with Crippen LogP contribution in [0.2, 0.25) is 0 Å². The summed E-state index contributed by atoms with van der Waals surface area (Å²) in [5.41, 5.74) is 2.82. The Morgan fingerprint density at radius 2 is 0.830 bits per heavy atom. The van der Waals surface area contributed by atoms with E-state index in [1.807, 2.05) is 20.8 Å². The molecule has 2 fully saturated rings. The van der Waals surface area contributed by atoms with Crippen LogP contribution in [-0.4, -0.2) is 126 Å². The van der Waals surface area contributed by atoms with Crippen LogP contribution < -0.4 is 0 Å². The van der Waals surface area contributed by atoms with Crippen molar-refractivity contribution in [3.63, 3.8) is 0 Å². The highest BCUT2D eigenvalue weighted by Crippen LogP contribution is 2.22. The minimum Gasteiger partial charge on any atom is -0.340 e. The molecular weight excluding hydrogens is 735 g/mol. The normalized spacial score (nSPS) is 18.7. The van der Waals surface area contributed by atoms with Crippen LogP contribution >= 0.6 is 0 Å². The Bertz CT molecular complexity index is 1920. The fourth-order valence-corrected chi connectivity index (χ4v) is 11.0. The van der Waals surface area contributed by atoms with E-state index in [1.165, 1.54) is 8.61 Å². The first-order chi connectivity index (χ1) is 25.2. The molecule has 0 saturated carbocycles. The summed E-state index contributed by atoms with van der Waals surface area (Å²) < 4.78 is 86.4. The molecule has 53 heavy (non-hydrogen) atoms. The summed E-state index contributed by atoms with van der Waals surface area (Å²) >= 11 is 0. The Kier molecular flexibility index (Phi) is 13.9. The lowest BCUT2D eigenvalue weighted by molar-refractivity contribution is -0.131. The van der Waals surface area contributed by atoms with Crippen LogP contribution in [0.15, 0.2) is 87.5 Å². The monoisotopic (exact) mass is 787 g/mol. The molecule has 0 unspecified atom stereocenters.